The molecule has 1 N–H and O–H groups in total. The fraction of sp³-hybridized carbons (Fsp3) is 0.571. The molecule has 2 heterocycles. The Morgan fingerprint density at radius 2 is 2.42 bits per heavy atom. The maximum atomic E-state index is 12.3. The van der Waals surface area contributed by atoms with Crippen molar-refractivity contribution in [1.29, 1.82) is 0 Å². The Labute approximate surface area is 119 Å². The van der Waals surface area contributed by atoms with Gasteiger partial charge in [0.2, 0.25) is 0 Å². The standard InChI is InChI=1S/C14H21N3OS/c1-3-7-15-11-4-5-13(16-9-11)14(18)17(2)12-6-8-19-10-12/h4-5,9,12,15H,3,6-8,10H2,1-2H3. The molecule has 4 nitrogen and oxygen atoms in total. The highest BCUT2D eigenvalue weighted by atomic mass is 32.2. The van der Waals surface area contributed by atoms with Crippen LogP contribution in [-0.2, 0) is 0 Å². The van der Waals surface area contributed by atoms with E-state index in [0.29, 0.717) is 11.7 Å². The zero-order valence-electron chi connectivity index (χ0n) is 11.6. The smallest absolute Gasteiger partial charge is 0.272 e. The lowest BCUT2D eigenvalue weighted by Gasteiger charge is -2.23. The highest BCUT2D eigenvalue weighted by Gasteiger charge is 2.25. The van der Waals surface area contributed by atoms with Crippen molar-refractivity contribution in [2.45, 2.75) is 25.8 Å². The summed E-state index contributed by atoms with van der Waals surface area (Å²) in [6, 6.07) is 4.09. The van der Waals surface area contributed by atoms with E-state index in [2.05, 4.69) is 17.2 Å². The second-order valence-electron chi connectivity index (χ2n) is 4.79. The third-order valence-electron chi connectivity index (χ3n) is 3.34. The van der Waals surface area contributed by atoms with Crippen LogP contribution in [0.1, 0.15) is 30.3 Å². The summed E-state index contributed by atoms with van der Waals surface area (Å²) in [6.07, 6.45) is 3.89. The van der Waals surface area contributed by atoms with E-state index in [1.165, 1.54) is 0 Å². The summed E-state index contributed by atoms with van der Waals surface area (Å²) < 4.78 is 0. The van der Waals surface area contributed by atoms with Crippen LogP contribution in [0, 0.1) is 0 Å². The van der Waals surface area contributed by atoms with Crippen molar-refractivity contribution >= 4 is 23.4 Å². The minimum Gasteiger partial charge on any atom is -0.384 e. The predicted octanol–water partition coefficient (Wildman–Crippen LogP) is 2.48. The van der Waals surface area contributed by atoms with Crippen molar-refractivity contribution < 1.29 is 4.79 Å². The van der Waals surface area contributed by atoms with Gasteiger partial charge in [0.15, 0.2) is 0 Å². The minimum atomic E-state index is 0.0227. The van der Waals surface area contributed by atoms with Crippen LogP contribution in [0.2, 0.25) is 0 Å². The number of nitrogens with one attached hydrogen (secondary N) is 1. The van der Waals surface area contributed by atoms with Gasteiger partial charge in [0, 0.05) is 25.4 Å². The van der Waals surface area contributed by atoms with Crippen molar-refractivity contribution in [2.24, 2.45) is 0 Å². The Bertz CT molecular complexity index is 415. The summed E-state index contributed by atoms with van der Waals surface area (Å²) in [4.78, 5) is 18.4. The first kappa shape index (κ1) is 14.2. The van der Waals surface area contributed by atoms with Gasteiger partial charge in [0.1, 0.15) is 5.69 Å². The van der Waals surface area contributed by atoms with Crippen molar-refractivity contribution in [1.82, 2.24) is 9.88 Å². The average molecular weight is 279 g/mol. The second-order valence-corrected chi connectivity index (χ2v) is 5.94. The van der Waals surface area contributed by atoms with Crippen LogP contribution in [-0.4, -0.2) is 46.9 Å². The average Bonchev–Trinajstić information content (AvgIpc) is 2.98. The molecule has 104 valence electrons. The maximum absolute atomic E-state index is 12.3. The molecule has 0 aromatic carbocycles. The molecule has 1 aliphatic heterocycles. The summed E-state index contributed by atoms with van der Waals surface area (Å²) in [6.45, 7) is 3.04. The number of anilines is 1. The van der Waals surface area contributed by atoms with E-state index >= 15 is 0 Å². The van der Waals surface area contributed by atoms with Gasteiger partial charge in [-0.2, -0.15) is 11.8 Å². The van der Waals surface area contributed by atoms with Crippen LogP contribution in [0.25, 0.3) is 0 Å². The molecule has 0 bridgehead atoms. The number of carbonyl (C=O) groups is 1. The zero-order chi connectivity index (χ0) is 13.7. The predicted molar refractivity (Wildman–Crippen MR) is 80.8 cm³/mol. The van der Waals surface area contributed by atoms with Crippen molar-refractivity contribution in [3.05, 3.63) is 24.0 Å². The Kier molecular flexibility index (Phi) is 5.07. The number of nitrogens with zero attached hydrogens (tertiary/aromatic N) is 2. The molecule has 1 saturated heterocycles. The van der Waals surface area contributed by atoms with Crippen molar-refractivity contribution in [3.63, 3.8) is 0 Å². The summed E-state index contributed by atoms with van der Waals surface area (Å²) in [5.41, 5.74) is 1.50. The first-order valence-corrected chi connectivity index (χ1v) is 7.92. The van der Waals surface area contributed by atoms with Crippen molar-refractivity contribution in [2.75, 3.05) is 30.4 Å². The summed E-state index contributed by atoms with van der Waals surface area (Å²) >= 11 is 1.91. The van der Waals surface area contributed by atoms with Gasteiger partial charge in [0.25, 0.3) is 5.91 Å². The lowest BCUT2D eigenvalue weighted by molar-refractivity contribution is 0.0742. The maximum Gasteiger partial charge on any atom is 0.272 e. The summed E-state index contributed by atoms with van der Waals surface area (Å²) in [5, 5.41) is 3.25. The molecule has 19 heavy (non-hydrogen) atoms. The quantitative estimate of drug-likeness (QED) is 0.899. The molecule has 1 amide bonds. The lowest BCUT2D eigenvalue weighted by Crippen LogP contribution is -2.37. The molecule has 0 spiro atoms. The van der Waals surface area contributed by atoms with Crippen LogP contribution >= 0.6 is 11.8 Å². The first-order chi connectivity index (χ1) is 9.22. The topological polar surface area (TPSA) is 45.2 Å². The van der Waals surface area contributed by atoms with E-state index in [9.17, 15) is 4.79 Å². The summed E-state index contributed by atoms with van der Waals surface area (Å²) in [7, 11) is 1.88. The number of rotatable bonds is 5. The molecule has 1 aromatic rings. The van der Waals surface area contributed by atoms with Gasteiger partial charge >= 0.3 is 0 Å². The number of aromatic nitrogens is 1. The molecule has 1 aromatic heterocycles. The Hall–Kier alpha value is -1.23. The molecule has 1 fully saturated rings. The van der Waals surface area contributed by atoms with Gasteiger partial charge in [-0.25, -0.2) is 4.98 Å². The van der Waals surface area contributed by atoms with Gasteiger partial charge in [-0.05, 0) is 30.7 Å². The third-order valence-corrected chi connectivity index (χ3v) is 4.48. The van der Waals surface area contributed by atoms with Crippen LogP contribution in [0.5, 0.6) is 0 Å². The minimum absolute atomic E-state index is 0.0227. The Balaban J connectivity index is 1.98. The van der Waals surface area contributed by atoms with Gasteiger partial charge in [-0.1, -0.05) is 6.92 Å². The number of hydrogen-bond acceptors (Lipinski definition) is 4. The fourth-order valence-electron chi connectivity index (χ4n) is 2.07. The highest BCUT2D eigenvalue weighted by molar-refractivity contribution is 7.99. The number of pyridine rings is 1. The van der Waals surface area contributed by atoms with Crippen LogP contribution in [0.4, 0.5) is 5.69 Å². The third kappa shape index (κ3) is 3.62. The normalized spacial score (nSPS) is 18.3. The molecule has 1 aliphatic rings. The second kappa shape index (κ2) is 6.80. The number of carbonyl (C=O) groups excluding carboxylic acids is 1. The largest absolute Gasteiger partial charge is 0.384 e. The number of thioether (sulfide) groups is 1. The Morgan fingerprint density at radius 1 is 1.58 bits per heavy atom. The van der Waals surface area contributed by atoms with Gasteiger partial charge in [0.05, 0.1) is 11.9 Å². The van der Waals surface area contributed by atoms with Crippen LogP contribution in [0.3, 0.4) is 0 Å². The number of hydrogen-bond donors (Lipinski definition) is 1. The molecular weight excluding hydrogens is 258 g/mol. The monoisotopic (exact) mass is 279 g/mol. The van der Waals surface area contributed by atoms with E-state index in [0.717, 1.165) is 36.6 Å². The fourth-order valence-corrected chi connectivity index (χ4v) is 3.34. The van der Waals surface area contributed by atoms with Crippen LogP contribution in [0.15, 0.2) is 18.3 Å². The van der Waals surface area contributed by atoms with Gasteiger partial charge in [-0.3, -0.25) is 4.79 Å². The molecule has 0 saturated carbocycles. The summed E-state index contributed by atoms with van der Waals surface area (Å²) in [5.74, 6) is 2.21. The van der Waals surface area contributed by atoms with E-state index in [-0.39, 0.29) is 5.91 Å². The molecule has 2 rings (SSSR count). The van der Waals surface area contributed by atoms with E-state index in [1.807, 2.05) is 29.8 Å². The zero-order valence-corrected chi connectivity index (χ0v) is 12.4. The molecule has 1 unspecified atom stereocenters. The lowest BCUT2D eigenvalue weighted by atomic mass is 10.2. The van der Waals surface area contributed by atoms with Crippen molar-refractivity contribution in [3.8, 4) is 0 Å². The molecule has 5 heteroatoms. The van der Waals surface area contributed by atoms with E-state index in [1.54, 1.807) is 12.3 Å². The Morgan fingerprint density at radius 3 is 3.00 bits per heavy atom. The van der Waals surface area contributed by atoms with Gasteiger partial charge in [-0.15, -0.1) is 0 Å². The molecular formula is C14H21N3OS. The van der Waals surface area contributed by atoms with E-state index < -0.39 is 0 Å². The molecule has 0 aliphatic carbocycles. The first-order valence-electron chi connectivity index (χ1n) is 6.77. The van der Waals surface area contributed by atoms with Crippen LogP contribution < -0.4 is 5.32 Å². The van der Waals surface area contributed by atoms with E-state index in [4.69, 9.17) is 0 Å². The highest BCUT2D eigenvalue weighted by Crippen LogP contribution is 2.22. The molecule has 1 atom stereocenters. The SMILES string of the molecule is CCCNc1ccc(C(=O)N(C)C2CCSC2)nc1. The molecule has 0 radical (unpaired) electrons. The number of amides is 1. The van der Waals surface area contributed by atoms with Gasteiger partial charge < -0.3 is 10.2 Å².